The largest absolute Gasteiger partial charge is 0.503 e. The van der Waals surface area contributed by atoms with Crippen LogP contribution in [0.4, 0.5) is 0 Å². The predicted octanol–water partition coefficient (Wildman–Crippen LogP) is 7.06. The fourth-order valence-electron chi connectivity index (χ4n) is 11.4. The van der Waals surface area contributed by atoms with Crippen LogP contribution in [-0.2, 0) is 165 Å². The molecule has 0 unspecified atom stereocenters. The second kappa shape index (κ2) is 67.8. The highest BCUT2D eigenvalue weighted by Gasteiger charge is 2.41. The van der Waals surface area contributed by atoms with Crippen molar-refractivity contribution in [3.05, 3.63) is 204 Å². The van der Waals surface area contributed by atoms with E-state index in [1.54, 1.807) is 100 Å². The third-order valence-electron chi connectivity index (χ3n) is 18.1. The SMILES string of the molecule is CC(=O)/C(C)=C/N(C)C.CCC(C)=O.CCc1c(Br)c(=O)c(C)cn1CC(OC)OC.CCc1c(Br)c(=O)c(C)cn1CC=O.CCc1cc(=O)c(C)cn1CC(OC)OC.CCc1cc(=O)c(C)co1.CCc1cn2c(c(Br)c1=O)C(=O)N1[C@H](C)CCO[C@H]1C2.C[C@@H]1CCO[C@H]2Cn3ccc(=O)c(O)c3C(=O)N12.O=C=O.O=C=O.O=C=O.O=C=O.O=C=O.O=C=O. The van der Waals surface area contributed by atoms with Crippen LogP contribution in [-0.4, -0.2) is 202 Å². The van der Waals surface area contributed by atoms with Gasteiger partial charge in [-0.15, -0.1) is 0 Å². The number of allylic oxidation sites excluding steroid dienone is 1. The van der Waals surface area contributed by atoms with Gasteiger partial charge < -0.3 is 85.1 Å². The van der Waals surface area contributed by atoms with E-state index >= 15 is 0 Å². The summed E-state index contributed by atoms with van der Waals surface area (Å²) in [6.45, 7) is 31.5. The van der Waals surface area contributed by atoms with Crippen LogP contribution in [0.3, 0.4) is 0 Å². The van der Waals surface area contributed by atoms with Gasteiger partial charge in [0.05, 0.1) is 65.6 Å². The molecule has 0 radical (unpaired) electrons. The van der Waals surface area contributed by atoms with E-state index in [1.165, 1.54) is 24.6 Å². The molecule has 6 aromatic heterocycles. The lowest BCUT2D eigenvalue weighted by Gasteiger charge is -2.44. The van der Waals surface area contributed by atoms with Gasteiger partial charge in [0.1, 0.15) is 23.5 Å². The number of methoxy groups -OCH3 is 4. The van der Waals surface area contributed by atoms with Crippen molar-refractivity contribution in [1.29, 1.82) is 0 Å². The first-order valence-corrected chi connectivity index (χ1v) is 41.0. The summed E-state index contributed by atoms with van der Waals surface area (Å²) in [5.41, 5.74) is 7.17. The number of nitrogens with zero attached hydrogens (tertiary/aromatic N) is 8. The highest BCUT2D eigenvalue weighted by atomic mass is 79.9. The van der Waals surface area contributed by atoms with E-state index in [0.29, 0.717) is 100 Å². The first-order chi connectivity index (χ1) is 59.9. The highest BCUT2D eigenvalue weighted by molar-refractivity contribution is 9.11. The number of hydrogen-bond acceptors (Lipinski definition) is 32. The molecule has 4 atom stereocenters. The quantitative estimate of drug-likeness (QED) is 0.0511. The Kier molecular flexibility index (Phi) is 65.0. The molecule has 4 aliphatic heterocycles. The van der Waals surface area contributed by atoms with Gasteiger partial charge in [0, 0.05) is 173 Å². The lowest BCUT2D eigenvalue weighted by molar-refractivity contribution is -0.193. The number of Topliss-reactive ketones (excluding diaryl/α,β-unsaturated/α-hetero) is 2. The molecule has 39 nitrogen and oxygen atoms in total. The Morgan fingerprint density at radius 1 is 0.535 bits per heavy atom. The number of halogens is 3. The molecule has 2 amide bonds. The number of aromatic hydroxyl groups is 1. The number of aldehydes is 1. The number of fused-ring (bicyclic) bond motifs is 4. The van der Waals surface area contributed by atoms with Crippen LogP contribution >= 0.6 is 47.8 Å². The van der Waals surface area contributed by atoms with Crippen LogP contribution in [0.15, 0.2) is 114 Å². The third kappa shape index (κ3) is 42.1. The van der Waals surface area contributed by atoms with Crippen molar-refractivity contribution >= 4 is 114 Å². The Labute approximate surface area is 757 Å². The number of amides is 2. The van der Waals surface area contributed by atoms with E-state index in [4.69, 9.17) is 90.4 Å². The number of ether oxygens (including phenoxy) is 6. The number of hydrogen-bond donors (Lipinski definition) is 1. The molecule has 2 fully saturated rings. The van der Waals surface area contributed by atoms with Crippen LogP contribution in [0.2, 0.25) is 0 Å². The smallest absolute Gasteiger partial charge is 0.373 e. The van der Waals surface area contributed by atoms with Gasteiger partial charge in [-0.3, -0.25) is 43.2 Å². The van der Waals surface area contributed by atoms with E-state index in [-0.39, 0.29) is 130 Å². The van der Waals surface area contributed by atoms with Crippen LogP contribution in [0.5, 0.6) is 5.75 Å². The third-order valence-corrected chi connectivity index (χ3v) is 20.4. The number of carbonyl (C=O) groups is 5. The van der Waals surface area contributed by atoms with Crippen molar-refractivity contribution in [3.8, 4) is 5.75 Å². The zero-order chi connectivity index (χ0) is 98.7. The van der Waals surface area contributed by atoms with E-state index in [0.717, 1.165) is 78.8 Å². The second-order valence-corrected chi connectivity index (χ2v) is 29.1. The van der Waals surface area contributed by atoms with Gasteiger partial charge in [-0.25, -0.2) is 0 Å². The van der Waals surface area contributed by atoms with Gasteiger partial charge in [-0.1, -0.05) is 41.5 Å². The van der Waals surface area contributed by atoms with E-state index < -0.39 is 11.2 Å². The van der Waals surface area contributed by atoms with E-state index in [9.17, 15) is 57.8 Å². The van der Waals surface area contributed by atoms with Gasteiger partial charge >= 0.3 is 36.9 Å². The number of carbonyl (C=O) groups excluding carboxylic acids is 17. The predicted molar refractivity (Wildman–Crippen MR) is 460 cm³/mol. The maximum atomic E-state index is 12.7. The monoisotopic (exact) mass is 1980 g/mol. The summed E-state index contributed by atoms with van der Waals surface area (Å²) in [5.74, 6) is 0.191. The molecule has 6 aromatic rings. The Hall–Kier alpha value is -11.5. The summed E-state index contributed by atoms with van der Waals surface area (Å²) in [5, 5.41) is 9.77. The van der Waals surface area contributed by atoms with Crippen molar-refractivity contribution < 1.29 is 119 Å². The number of aromatic nitrogens is 5. The van der Waals surface area contributed by atoms with Gasteiger partial charge in [-0.05, 0) is 149 Å². The maximum Gasteiger partial charge on any atom is 0.373 e. The first kappa shape index (κ1) is 122. The summed E-state index contributed by atoms with van der Waals surface area (Å²) in [6, 6.07) is 4.67. The number of ketones is 2. The van der Waals surface area contributed by atoms with Gasteiger partial charge in [0.15, 0.2) is 69.4 Å². The summed E-state index contributed by atoms with van der Waals surface area (Å²) >= 11 is 9.94. The molecular formula is C85H111Br3N8O31. The molecule has 1 N–H and O–H groups in total. The highest BCUT2D eigenvalue weighted by Crippen LogP contribution is 2.31. The lowest BCUT2D eigenvalue weighted by Crippen LogP contribution is -2.57. The molecule has 10 rings (SSSR count). The van der Waals surface area contributed by atoms with E-state index in [2.05, 4.69) is 47.8 Å². The average Bonchev–Trinajstić information content (AvgIpc) is 0.757. The van der Waals surface area contributed by atoms with Crippen molar-refractivity contribution in [2.45, 2.75) is 225 Å². The molecule has 0 aromatic carbocycles. The fraction of sp³-hybridized carbons (Fsp3) is 0.494. The van der Waals surface area contributed by atoms with Gasteiger partial charge in [0.25, 0.3) is 11.8 Å². The minimum atomic E-state index is -0.529. The fourth-order valence-corrected chi connectivity index (χ4v) is 13.7. The van der Waals surface area contributed by atoms with Gasteiger partial charge in [-0.2, -0.15) is 57.5 Å². The standard InChI is InChI=1S/C14H17BrN2O3.C12H18BrNO3.C12H14N2O4.C12H19NO3.C10H12BrNO2.C8H10O2.C7H13NO.C4H8O.6CO2/c1-3-9-6-16-7-10-17(8(2)4-5-20-10)14(19)12(16)11(15)13(9)18;1-5-9-11(13)12(15)8(2)6-14(9)7-10(16-3)17-4;1-7-3-5-18-9-6-13-4-2-8(15)11(16)10(13)12(17)14(7)9;1-5-10-6-11(14)9(2)7-13(10)8-12(15-3)16-4;1-3-8-9(11)10(14)7(2)6-12(8)4-5-13;1-3-7-4-8(9)6(2)5-10-7;1-6(7(2)9)5-8(3)4;1-3-4(2)5;6*2-1-3/h6,8,10H,3-5,7H2,1-2H3;6,10H,5,7H2,1-4H3;2,4,7,9,16H,3,5-6H2,1H3;6-7,12H,5,8H2,1-4H3;5-6H,3-4H2,1-2H3;4-5H,3H2,1-2H3;5H,1-4H3;3H2,1-2H3;;;;;;/b;;;;;;6-5+;;;;;;;/t8-,10+;;7-,9+;;;;;;;;;;;/m1.1.........../s1. The maximum absolute atomic E-state index is 12.7. The van der Waals surface area contributed by atoms with Crippen molar-refractivity contribution in [1.82, 2.24) is 37.5 Å². The molecule has 4 aliphatic rings. The molecule has 2 saturated heterocycles. The minimum Gasteiger partial charge on any atom is -0.503 e. The molecule has 0 bridgehead atoms. The summed E-state index contributed by atoms with van der Waals surface area (Å²) in [6.07, 6.45) is 19.2. The Morgan fingerprint density at radius 2 is 0.937 bits per heavy atom. The molecule has 42 heteroatoms. The van der Waals surface area contributed by atoms with Crippen LogP contribution in [0.25, 0.3) is 0 Å². The number of aryl methyl sites for hydroxylation is 7. The molecule has 0 spiro atoms. The van der Waals surface area contributed by atoms with Crippen molar-refractivity contribution in [2.24, 2.45) is 0 Å². The van der Waals surface area contributed by atoms with Crippen LogP contribution in [0, 0.1) is 27.7 Å². The van der Waals surface area contributed by atoms with Crippen molar-refractivity contribution in [3.63, 3.8) is 0 Å². The molecule has 0 aliphatic carbocycles. The second-order valence-electron chi connectivity index (χ2n) is 26.8. The van der Waals surface area contributed by atoms with Crippen LogP contribution in [0.1, 0.15) is 167 Å². The first-order valence-electron chi connectivity index (χ1n) is 38.6. The minimum absolute atomic E-state index is 0.00370. The normalized spacial score (nSPS) is 14.0. The Bertz CT molecular complexity index is 5040. The molecular weight excluding hydrogens is 1870 g/mol. The molecule has 127 heavy (non-hydrogen) atoms. The molecule has 10 heterocycles. The summed E-state index contributed by atoms with van der Waals surface area (Å²) < 4.78 is 47.8. The van der Waals surface area contributed by atoms with Crippen LogP contribution < -0.4 is 32.6 Å². The van der Waals surface area contributed by atoms with E-state index in [1.807, 2.05) is 121 Å². The summed E-state index contributed by atoms with van der Waals surface area (Å²) in [7, 11) is 10.2. The Balaban J connectivity index is -0.000000673. The zero-order valence-corrected chi connectivity index (χ0v) is 79.6. The van der Waals surface area contributed by atoms with Crippen molar-refractivity contribution in [2.75, 3.05) is 55.7 Å². The number of rotatable bonds is 18. The zero-order valence-electron chi connectivity index (χ0n) is 74.8. The van der Waals surface area contributed by atoms with Gasteiger partial charge in [0.2, 0.25) is 5.43 Å². The average molecular weight is 1980 g/mol. The molecule has 0 saturated carbocycles. The summed E-state index contributed by atoms with van der Waals surface area (Å²) in [4.78, 5) is 228. The topological polar surface area (TPSA) is 516 Å². The number of pyridine rings is 5. The Morgan fingerprint density at radius 3 is 1.31 bits per heavy atom. The molecule has 698 valence electrons. The lowest BCUT2D eigenvalue weighted by atomic mass is 10.1.